The predicted octanol–water partition coefficient (Wildman–Crippen LogP) is 2.59. The molecule has 0 aromatic carbocycles. The van der Waals surface area contributed by atoms with Crippen LogP contribution in [0.15, 0.2) is 17.5 Å². The third-order valence-corrected chi connectivity index (χ3v) is 6.51. The van der Waals surface area contributed by atoms with Crippen LogP contribution in [-0.4, -0.2) is 17.4 Å². The van der Waals surface area contributed by atoms with Gasteiger partial charge in [-0.2, -0.15) is 0 Å². The van der Waals surface area contributed by atoms with Crippen LogP contribution in [0.3, 0.4) is 0 Å². The van der Waals surface area contributed by atoms with Gasteiger partial charge in [0.2, 0.25) is 11.8 Å². The Balaban J connectivity index is 1.44. The molecular formula is C17H22N2O2S. The van der Waals surface area contributed by atoms with Crippen molar-refractivity contribution < 1.29 is 9.59 Å². The third-order valence-electron chi connectivity index (χ3n) is 5.63. The van der Waals surface area contributed by atoms with E-state index in [4.69, 9.17) is 0 Å². The molecule has 3 aliphatic rings. The van der Waals surface area contributed by atoms with Crippen LogP contribution in [0.2, 0.25) is 0 Å². The molecule has 0 spiro atoms. The van der Waals surface area contributed by atoms with Crippen molar-refractivity contribution in [2.24, 2.45) is 11.3 Å². The van der Waals surface area contributed by atoms with Gasteiger partial charge in [-0.05, 0) is 43.0 Å². The lowest BCUT2D eigenvalue weighted by atomic mass is 9.80. The average molecular weight is 318 g/mol. The second-order valence-electron chi connectivity index (χ2n) is 7.12. The van der Waals surface area contributed by atoms with Crippen LogP contribution in [0.1, 0.15) is 49.8 Å². The average Bonchev–Trinajstić information content (AvgIpc) is 3.33. The highest BCUT2D eigenvalue weighted by atomic mass is 32.1. The molecule has 3 saturated carbocycles. The summed E-state index contributed by atoms with van der Waals surface area (Å²) in [5.41, 5.74) is -0.741. The van der Waals surface area contributed by atoms with Gasteiger partial charge in [0.1, 0.15) is 5.54 Å². The Morgan fingerprint density at radius 2 is 1.91 bits per heavy atom. The number of thiophene rings is 1. The van der Waals surface area contributed by atoms with Crippen LogP contribution in [0.25, 0.3) is 0 Å². The van der Waals surface area contributed by atoms with E-state index in [9.17, 15) is 9.59 Å². The van der Waals surface area contributed by atoms with E-state index in [0.717, 1.165) is 49.8 Å². The molecule has 0 saturated heterocycles. The quantitative estimate of drug-likeness (QED) is 0.877. The summed E-state index contributed by atoms with van der Waals surface area (Å²) in [6.45, 7) is 0.557. The van der Waals surface area contributed by atoms with E-state index in [0.29, 0.717) is 12.5 Å². The Labute approximate surface area is 134 Å². The molecule has 4 rings (SSSR count). The fourth-order valence-corrected chi connectivity index (χ4v) is 4.37. The number of fused-ring (bicyclic) bond motifs is 1. The lowest BCUT2D eigenvalue weighted by Gasteiger charge is -2.37. The maximum Gasteiger partial charge on any atom is 0.246 e. The van der Waals surface area contributed by atoms with Crippen molar-refractivity contribution in [2.75, 3.05) is 0 Å². The molecule has 118 valence electrons. The molecule has 1 aromatic rings. The number of rotatable bonds is 5. The normalized spacial score (nSPS) is 31.0. The van der Waals surface area contributed by atoms with Gasteiger partial charge in [-0.15, -0.1) is 11.3 Å². The van der Waals surface area contributed by atoms with E-state index in [1.807, 2.05) is 17.5 Å². The number of amides is 2. The zero-order valence-corrected chi connectivity index (χ0v) is 13.5. The molecule has 3 aliphatic carbocycles. The largest absolute Gasteiger partial charge is 0.349 e. The highest BCUT2D eigenvalue weighted by molar-refractivity contribution is 7.09. The van der Waals surface area contributed by atoms with Crippen LogP contribution >= 0.6 is 11.3 Å². The second-order valence-corrected chi connectivity index (χ2v) is 8.15. The van der Waals surface area contributed by atoms with Crippen LogP contribution < -0.4 is 10.6 Å². The van der Waals surface area contributed by atoms with Gasteiger partial charge >= 0.3 is 0 Å². The van der Waals surface area contributed by atoms with E-state index >= 15 is 0 Å². The molecule has 2 N–H and O–H groups in total. The first-order valence-electron chi connectivity index (χ1n) is 8.28. The lowest BCUT2D eigenvalue weighted by Crippen LogP contribution is -2.60. The molecule has 0 aliphatic heterocycles. The fourth-order valence-electron chi connectivity index (χ4n) is 3.73. The molecule has 0 unspecified atom stereocenters. The topological polar surface area (TPSA) is 58.2 Å². The minimum Gasteiger partial charge on any atom is -0.349 e. The van der Waals surface area contributed by atoms with Gasteiger partial charge in [-0.1, -0.05) is 25.3 Å². The Morgan fingerprint density at radius 3 is 2.50 bits per heavy atom. The first-order valence-corrected chi connectivity index (χ1v) is 9.16. The van der Waals surface area contributed by atoms with Crippen LogP contribution in [-0.2, 0) is 16.1 Å². The standard InChI is InChI=1S/C17H22N2O2S/c20-14(16-9-12(16)10-16)19-17(6-2-1-3-7-17)15(21)18-11-13-5-4-8-22-13/h4-5,8,12H,1-3,6-7,9-11H2,(H,18,21)(H,19,20). The van der Waals surface area contributed by atoms with Crippen LogP contribution in [0.4, 0.5) is 0 Å². The molecule has 2 amide bonds. The molecule has 0 atom stereocenters. The zero-order chi connectivity index (χ0) is 15.2. The summed E-state index contributed by atoms with van der Waals surface area (Å²) >= 11 is 1.64. The van der Waals surface area contributed by atoms with Gasteiger partial charge in [0.05, 0.1) is 12.0 Å². The minimum atomic E-state index is -0.670. The van der Waals surface area contributed by atoms with Crippen molar-refractivity contribution >= 4 is 23.2 Å². The molecule has 0 bridgehead atoms. The Kier molecular flexibility index (Phi) is 3.29. The maximum absolute atomic E-state index is 12.8. The molecule has 4 nitrogen and oxygen atoms in total. The fraction of sp³-hybridized carbons (Fsp3) is 0.647. The van der Waals surface area contributed by atoms with Gasteiger partial charge in [0.25, 0.3) is 0 Å². The van der Waals surface area contributed by atoms with Gasteiger partial charge in [0, 0.05) is 4.88 Å². The molecule has 3 fully saturated rings. The summed E-state index contributed by atoms with van der Waals surface area (Å²) in [4.78, 5) is 26.4. The van der Waals surface area contributed by atoms with Gasteiger partial charge in [-0.3, -0.25) is 9.59 Å². The summed E-state index contributed by atoms with van der Waals surface area (Å²) in [7, 11) is 0. The first kappa shape index (κ1) is 14.2. The van der Waals surface area contributed by atoms with Crippen molar-refractivity contribution in [3.8, 4) is 0 Å². The maximum atomic E-state index is 12.8. The lowest BCUT2D eigenvalue weighted by molar-refractivity contribution is -0.136. The second kappa shape index (κ2) is 5.08. The minimum absolute atomic E-state index is 0.00296. The number of nitrogens with one attached hydrogen (secondary N) is 2. The Morgan fingerprint density at radius 1 is 1.18 bits per heavy atom. The summed E-state index contributed by atoms with van der Waals surface area (Å²) < 4.78 is 0. The molecule has 22 heavy (non-hydrogen) atoms. The van der Waals surface area contributed by atoms with E-state index in [-0.39, 0.29) is 17.2 Å². The van der Waals surface area contributed by atoms with Crippen molar-refractivity contribution in [2.45, 2.75) is 57.0 Å². The Bertz CT molecular complexity index is 584. The number of hydrogen-bond donors (Lipinski definition) is 2. The monoisotopic (exact) mass is 318 g/mol. The van der Waals surface area contributed by atoms with E-state index < -0.39 is 5.54 Å². The summed E-state index contributed by atoms with van der Waals surface area (Å²) in [5.74, 6) is 0.746. The SMILES string of the molecule is O=C(NCc1cccs1)C1(NC(=O)C23CC2C3)CCCCC1. The van der Waals surface area contributed by atoms with E-state index in [1.54, 1.807) is 11.3 Å². The van der Waals surface area contributed by atoms with Crippen LogP contribution in [0, 0.1) is 11.3 Å². The van der Waals surface area contributed by atoms with Gasteiger partial charge in [0.15, 0.2) is 0 Å². The van der Waals surface area contributed by atoms with Crippen LogP contribution in [0.5, 0.6) is 0 Å². The smallest absolute Gasteiger partial charge is 0.246 e. The number of carbonyl (C=O) groups is 2. The van der Waals surface area contributed by atoms with Gasteiger partial charge in [-0.25, -0.2) is 0 Å². The predicted molar refractivity (Wildman–Crippen MR) is 85.3 cm³/mol. The molecular weight excluding hydrogens is 296 g/mol. The number of hydrogen-bond acceptors (Lipinski definition) is 3. The first-order chi connectivity index (χ1) is 10.6. The molecule has 1 heterocycles. The summed E-state index contributed by atoms with van der Waals surface area (Å²) in [6.07, 6.45) is 6.80. The van der Waals surface area contributed by atoms with E-state index in [1.165, 1.54) is 0 Å². The molecule has 5 heteroatoms. The van der Waals surface area contributed by atoms with Crippen molar-refractivity contribution in [1.29, 1.82) is 0 Å². The molecule has 1 aromatic heterocycles. The van der Waals surface area contributed by atoms with Crippen molar-refractivity contribution in [3.05, 3.63) is 22.4 Å². The number of carbonyl (C=O) groups excluding carboxylic acids is 2. The highest BCUT2D eigenvalue weighted by Crippen LogP contribution is 2.75. The Hall–Kier alpha value is -1.36. The highest BCUT2D eigenvalue weighted by Gasteiger charge is 2.75. The molecule has 0 radical (unpaired) electrons. The van der Waals surface area contributed by atoms with Crippen molar-refractivity contribution in [1.82, 2.24) is 10.6 Å². The van der Waals surface area contributed by atoms with Gasteiger partial charge < -0.3 is 10.6 Å². The van der Waals surface area contributed by atoms with E-state index in [2.05, 4.69) is 10.6 Å². The summed E-state index contributed by atoms with van der Waals surface area (Å²) in [5, 5.41) is 8.22. The zero-order valence-electron chi connectivity index (χ0n) is 12.7. The van der Waals surface area contributed by atoms with Crippen molar-refractivity contribution in [3.63, 3.8) is 0 Å². The summed E-state index contributed by atoms with van der Waals surface area (Å²) in [6, 6.07) is 4.01. The third kappa shape index (κ3) is 2.35.